The summed E-state index contributed by atoms with van der Waals surface area (Å²) in [5.41, 5.74) is 6.22. The van der Waals surface area contributed by atoms with Crippen LogP contribution >= 0.6 is 0 Å². The van der Waals surface area contributed by atoms with Gasteiger partial charge in [0.2, 0.25) is 5.91 Å². The van der Waals surface area contributed by atoms with Gasteiger partial charge in [0.1, 0.15) is 0 Å². The van der Waals surface area contributed by atoms with Crippen LogP contribution in [0.2, 0.25) is 0 Å². The van der Waals surface area contributed by atoms with Crippen molar-refractivity contribution in [3.8, 4) is 0 Å². The maximum Gasteiger partial charge on any atom is 0.231 e. The van der Waals surface area contributed by atoms with Crippen molar-refractivity contribution < 1.29 is 4.79 Å². The molecule has 1 aromatic rings. The van der Waals surface area contributed by atoms with Gasteiger partial charge in [-0.25, -0.2) is 0 Å². The van der Waals surface area contributed by atoms with E-state index in [1.54, 1.807) is 0 Å². The van der Waals surface area contributed by atoms with Gasteiger partial charge in [0.25, 0.3) is 0 Å². The summed E-state index contributed by atoms with van der Waals surface area (Å²) in [7, 11) is 0. The van der Waals surface area contributed by atoms with E-state index in [1.165, 1.54) is 0 Å². The van der Waals surface area contributed by atoms with E-state index < -0.39 is 0 Å². The minimum absolute atomic E-state index is 0.0196. The van der Waals surface area contributed by atoms with Gasteiger partial charge >= 0.3 is 0 Å². The Kier molecular flexibility index (Phi) is 4.23. The molecule has 20 heavy (non-hydrogen) atoms. The van der Waals surface area contributed by atoms with E-state index in [1.807, 2.05) is 12.1 Å². The number of amides is 1. The van der Waals surface area contributed by atoms with Crippen LogP contribution in [0.15, 0.2) is 12.1 Å². The van der Waals surface area contributed by atoms with Crippen LogP contribution in [0.5, 0.6) is 0 Å². The number of carbonyl (C=O) groups excluding carboxylic acids is 1. The highest BCUT2D eigenvalue weighted by atomic mass is 16.1. The Morgan fingerprint density at radius 1 is 1.20 bits per heavy atom. The molecule has 1 amide bonds. The molecule has 1 fully saturated rings. The minimum Gasteiger partial charge on any atom is -0.369 e. The number of nitrogens with zero attached hydrogens (tertiary/aromatic N) is 4. The molecule has 0 aromatic carbocycles. The first-order chi connectivity index (χ1) is 9.36. The summed E-state index contributed by atoms with van der Waals surface area (Å²) in [5.74, 6) is 0.629. The van der Waals surface area contributed by atoms with Crippen molar-refractivity contribution in [2.24, 2.45) is 5.73 Å². The lowest BCUT2D eigenvalue weighted by Crippen LogP contribution is -2.49. The van der Waals surface area contributed by atoms with Crippen molar-refractivity contribution in [3.05, 3.63) is 17.8 Å². The molecule has 2 heterocycles. The van der Waals surface area contributed by atoms with E-state index in [-0.39, 0.29) is 11.3 Å². The highest BCUT2D eigenvalue weighted by Gasteiger charge is 2.20. The van der Waals surface area contributed by atoms with Crippen LogP contribution in [0.4, 0.5) is 5.82 Å². The van der Waals surface area contributed by atoms with Gasteiger partial charge in [-0.05, 0) is 12.1 Å². The zero-order valence-corrected chi connectivity index (χ0v) is 12.5. The Morgan fingerprint density at radius 2 is 1.85 bits per heavy atom. The van der Waals surface area contributed by atoms with Crippen molar-refractivity contribution in [3.63, 3.8) is 0 Å². The maximum absolute atomic E-state index is 10.9. The molecule has 1 aliphatic rings. The second kappa shape index (κ2) is 5.75. The molecule has 1 saturated heterocycles. The first kappa shape index (κ1) is 14.7. The van der Waals surface area contributed by atoms with Gasteiger partial charge in [-0.3, -0.25) is 9.69 Å². The molecule has 0 saturated carbocycles. The van der Waals surface area contributed by atoms with Crippen LogP contribution in [-0.4, -0.2) is 53.7 Å². The van der Waals surface area contributed by atoms with Crippen LogP contribution < -0.4 is 10.6 Å². The molecule has 6 heteroatoms. The normalized spacial score (nSPS) is 17.2. The average Bonchev–Trinajstić information content (AvgIpc) is 2.38. The second-order valence-electron chi connectivity index (χ2n) is 6.26. The molecule has 0 aliphatic carbocycles. The number of aromatic nitrogens is 2. The van der Waals surface area contributed by atoms with Crippen molar-refractivity contribution in [1.29, 1.82) is 0 Å². The topological polar surface area (TPSA) is 75.3 Å². The molecule has 0 atom stereocenters. The largest absolute Gasteiger partial charge is 0.369 e. The van der Waals surface area contributed by atoms with Gasteiger partial charge in [-0.1, -0.05) is 20.8 Å². The van der Waals surface area contributed by atoms with Crippen LogP contribution in [0.1, 0.15) is 26.5 Å². The van der Waals surface area contributed by atoms with Crippen molar-refractivity contribution in [1.82, 2.24) is 15.1 Å². The second-order valence-corrected chi connectivity index (χ2v) is 6.26. The lowest BCUT2D eigenvalue weighted by molar-refractivity contribution is -0.119. The predicted octanol–water partition coefficient (Wildman–Crippen LogP) is 0.381. The number of hydrogen-bond donors (Lipinski definition) is 1. The predicted molar refractivity (Wildman–Crippen MR) is 78.6 cm³/mol. The summed E-state index contributed by atoms with van der Waals surface area (Å²) in [5, 5.41) is 8.63. The fourth-order valence-corrected chi connectivity index (χ4v) is 2.25. The van der Waals surface area contributed by atoms with E-state index in [0.29, 0.717) is 6.54 Å². The first-order valence-electron chi connectivity index (χ1n) is 6.96. The van der Waals surface area contributed by atoms with Gasteiger partial charge in [-0.15, -0.1) is 5.10 Å². The molecule has 0 unspecified atom stereocenters. The summed E-state index contributed by atoms with van der Waals surface area (Å²) >= 11 is 0. The molecule has 0 radical (unpaired) electrons. The Hall–Kier alpha value is -1.69. The highest BCUT2D eigenvalue weighted by Crippen LogP contribution is 2.21. The average molecular weight is 277 g/mol. The van der Waals surface area contributed by atoms with Crippen molar-refractivity contribution in [2.75, 3.05) is 37.6 Å². The standard InChI is InChI=1S/C14H23N5O/c1-14(2,3)11-4-5-13(17-16-11)19-8-6-18(7-9-19)10-12(15)20/h4-5H,6-10H2,1-3H3,(H2,15,20). The summed E-state index contributed by atoms with van der Waals surface area (Å²) in [6.07, 6.45) is 0. The molecule has 1 aromatic heterocycles. The van der Waals surface area contributed by atoms with Crippen LogP contribution in [0.25, 0.3) is 0 Å². The minimum atomic E-state index is -0.271. The number of anilines is 1. The fourth-order valence-electron chi connectivity index (χ4n) is 2.25. The number of rotatable bonds is 3. The van der Waals surface area contributed by atoms with E-state index in [0.717, 1.165) is 37.7 Å². The van der Waals surface area contributed by atoms with Gasteiger partial charge in [0.15, 0.2) is 5.82 Å². The molecule has 110 valence electrons. The van der Waals surface area contributed by atoms with Crippen LogP contribution in [0.3, 0.4) is 0 Å². The van der Waals surface area contributed by atoms with E-state index >= 15 is 0 Å². The zero-order valence-electron chi connectivity index (χ0n) is 12.5. The molecule has 6 nitrogen and oxygen atoms in total. The summed E-state index contributed by atoms with van der Waals surface area (Å²) in [4.78, 5) is 15.2. The Bertz CT molecular complexity index is 457. The molecular weight excluding hydrogens is 254 g/mol. The number of hydrogen-bond acceptors (Lipinski definition) is 5. The molecule has 2 N–H and O–H groups in total. The van der Waals surface area contributed by atoms with Gasteiger partial charge in [-0.2, -0.15) is 5.10 Å². The monoisotopic (exact) mass is 277 g/mol. The Morgan fingerprint density at radius 3 is 2.30 bits per heavy atom. The van der Waals surface area contributed by atoms with E-state index in [9.17, 15) is 4.79 Å². The highest BCUT2D eigenvalue weighted by molar-refractivity contribution is 5.75. The lowest BCUT2D eigenvalue weighted by Gasteiger charge is -2.34. The molecular formula is C14H23N5O. The van der Waals surface area contributed by atoms with Gasteiger partial charge < -0.3 is 10.6 Å². The van der Waals surface area contributed by atoms with Crippen LogP contribution in [0, 0.1) is 0 Å². The Labute approximate surface area is 120 Å². The smallest absolute Gasteiger partial charge is 0.231 e. The van der Waals surface area contributed by atoms with Crippen molar-refractivity contribution in [2.45, 2.75) is 26.2 Å². The lowest BCUT2D eigenvalue weighted by atomic mass is 9.92. The number of carbonyl (C=O) groups is 1. The van der Waals surface area contributed by atoms with Crippen molar-refractivity contribution >= 4 is 11.7 Å². The molecule has 0 bridgehead atoms. The number of piperazine rings is 1. The SMILES string of the molecule is CC(C)(C)c1ccc(N2CCN(CC(N)=O)CC2)nn1. The summed E-state index contributed by atoms with van der Waals surface area (Å²) < 4.78 is 0. The van der Waals surface area contributed by atoms with Crippen LogP contribution in [-0.2, 0) is 10.2 Å². The van der Waals surface area contributed by atoms with E-state index in [2.05, 4.69) is 40.8 Å². The number of nitrogens with two attached hydrogens (primary N) is 1. The number of primary amides is 1. The quantitative estimate of drug-likeness (QED) is 0.864. The van der Waals surface area contributed by atoms with E-state index in [4.69, 9.17) is 5.73 Å². The zero-order chi connectivity index (χ0) is 14.8. The third-order valence-corrected chi connectivity index (χ3v) is 3.49. The first-order valence-corrected chi connectivity index (χ1v) is 6.96. The molecule has 1 aliphatic heterocycles. The summed E-state index contributed by atoms with van der Waals surface area (Å²) in [6.45, 7) is 10.0. The van der Waals surface area contributed by atoms with Gasteiger partial charge in [0, 0.05) is 31.6 Å². The Balaban J connectivity index is 1.95. The fraction of sp³-hybridized carbons (Fsp3) is 0.643. The van der Waals surface area contributed by atoms with Gasteiger partial charge in [0.05, 0.1) is 12.2 Å². The summed E-state index contributed by atoms with van der Waals surface area (Å²) in [6, 6.07) is 4.06. The third-order valence-electron chi connectivity index (χ3n) is 3.49. The molecule has 2 rings (SSSR count). The maximum atomic E-state index is 10.9. The molecule has 0 spiro atoms. The third kappa shape index (κ3) is 3.66.